The van der Waals surface area contributed by atoms with Gasteiger partial charge in [0.1, 0.15) is 6.10 Å². The highest BCUT2D eigenvalue weighted by Gasteiger charge is 2.32. The molecule has 6 nitrogen and oxygen atoms in total. The summed E-state index contributed by atoms with van der Waals surface area (Å²) in [6, 6.07) is -0.617. The molecule has 1 fully saturated rings. The zero-order valence-corrected chi connectivity index (χ0v) is 7.37. The van der Waals surface area contributed by atoms with Gasteiger partial charge in [0.25, 0.3) is 0 Å². The van der Waals surface area contributed by atoms with Crippen molar-refractivity contribution in [3.63, 3.8) is 0 Å². The van der Waals surface area contributed by atoms with E-state index in [1.807, 2.05) is 0 Å². The minimum Gasteiger partial charge on any atom is -0.395 e. The maximum Gasteiger partial charge on any atom is 0.336 e. The average Bonchev–Trinajstić information content (AvgIpc) is 2.03. The van der Waals surface area contributed by atoms with Crippen molar-refractivity contribution in [1.29, 1.82) is 0 Å². The fourth-order valence-electron chi connectivity index (χ4n) is 0.955. The quantitative estimate of drug-likeness (QED) is 0.547. The van der Waals surface area contributed by atoms with Crippen LogP contribution in [-0.4, -0.2) is 46.0 Å². The zero-order chi connectivity index (χ0) is 9.19. The molecule has 72 valence electrons. The summed E-state index contributed by atoms with van der Waals surface area (Å²) in [4.78, 5) is 0. The summed E-state index contributed by atoms with van der Waals surface area (Å²) in [7, 11) is -2.25. The van der Waals surface area contributed by atoms with Crippen LogP contribution in [0.3, 0.4) is 0 Å². The molecule has 1 heterocycles. The molecule has 0 radical (unpaired) electrons. The largest absolute Gasteiger partial charge is 0.395 e. The van der Waals surface area contributed by atoms with Gasteiger partial charge in [0.2, 0.25) is 0 Å². The van der Waals surface area contributed by atoms with Gasteiger partial charge < -0.3 is 9.84 Å². The molecular weight excluding hydrogens is 186 g/mol. The van der Waals surface area contributed by atoms with Crippen LogP contribution < -0.4 is 4.72 Å². The highest BCUT2D eigenvalue weighted by Crippen LogP contribution is 2.08. The molecule has 2 unspecified atom stereocenters. The van der Waals surface area contributed by atoms with Gasteiger partial charge in [-0.2, -0.15) is 13.1 Å². The Kier molecular flexibility index (Phi) is 3.02. The van der Waals surface area contributed by atoms with Gasteiger partial charge in [-0.05, 0) is 0 Å². The van der Waals surface area contributed by atoms with Gasteiger partial charge in [-0.1, -0.05) is 0 Å². The van der Waals surface area contributed by atoms with Crippen LogP contribution in [0.5, 0.6) is 0 Å². The minimum atomic E-state index is -3.68. The van der Waals surface area contributed by atoms with Gasteiger partial charge in [0.05, 0.1) is 19.3 Å². The number of nitrogens with one attached hydrogen (secondary N) is 1. The first-order valence-electron chi connectivity index (χ1n) is 3.39. The van der Waals surface area contributed by atoms with Crippen LogP contribution >= 0.6 is 0 Å². The SMILES string of the molecule is COC1COS(=O)(=O)NC1CO. The van der Waals surface area contributed by atoms with Crippen LogP contribution in [0.4, 0.5) is 0 Å². The lowest BCUT2D eigenvalue weighted by atomic mass is 10.2. The Morgan fingerprint density at radius 2 is 2.42 bits per heavy atom. The lowest BCUT2D eigenvalue weighted by Crippen LogP contribution is -2.53. The van der Waals surface area contributed by atoms with Crippen molar-refractivity contribution in [1.82, 2.24) is 4.72 Å². The van der Waals surface area contributed by atoms with Gasteiger partial charge >= 0.3 is 10.3 Å². The lowest BCUT2D eigenvalue weighted by Gasteiger charge is -2.28. The van der Waals surface area contributed by atoms with E-state index in [1.165, 1.54) is 7.11 Å². The summed E-state index contributed by atoms with van der Waals surface area (Å²) in [6.07, 6.45) is -0.432. The zero-order valence-electron chi connectivity index (χ0n) is 6.56. The Balaban J connectivity index is 2.66. The lowest BCUT2D eigenvalue weighted by molar-refractivity contribution is 0.00668. The first-order chi connectivity index (χ1) is 5.59. The molecule has 2 N–H and O–H groups in total. The van der Waals surface area contributed by atoms with Gasteiger partial charge in [-0.25, -0.2) is 0 Å². The van der Waals surface area contributed by atoms with E-state index in [9.17, 15) is 8.42 Å². The molecule has 0 saturated carbocycles. The molecule has 1 aliphatic heterocycles. The molecule has 0 amide bonds. The summed E-state index contributed by atoms with van der Waals surface area (Å²) < 4.78 is 33.0. The fourth-order valence-corrected chi connectivity index (χ4v) is 1.93. The third-order valence-corrected chi connectivity index (χ3v) is 2.67. The van der Waals surface area contributed by atoms with Crippen LogP contribution in [0, 0.1) is 0 Å². The monoisotopic (exact) mass is 197 g/mol. The number of aliphatic hydroxyl groups excluding tert-OH is 1. The first kappa shape index (κ1) is 9.87. The molecule has 2 atom stereocenters. The van der Waals surface area contributed by atoms with Crippen LogP contribution in [0.2, 0.25) is 0 Å². The molecule has 1 rings (SSSR count). The normalized spacial score (nSPS) is 34.8. The van der Waals surface area contributed by atoms with Gasteiger partial charge in [0, 0.05) is 7.11 Å². The Morgan fingerprint density at radius 3 is 2.92 bits per heavy atom. The molecule has 0 aromatic carbocycles. The van der Waals surface area contributed by atoms with Crippen molar-refractivity contribution < 1.29 is 22.4 Å². The van der Waals surface area contributed by atoms with Crippen LogP contribution in [0.15, 0.2) is 0 Å². The molecule has 0 aromatic rings. The summed E-state index contributed by atoms with van der Waals surface area (Å²) >= 11 is 0. The van der Waals surface area contributed by atoms with E-state index in [-0.39, 0.29) is 13.2 Å². The summed E-state index contributed by atoms with van der Waals surface area (Å²) in [6.45, 7) is -0.363. The van der Waals surface area contributed by atoms with E-state index in [2.05, 4.69) is 8.91 Å². The number of rotatable bonds is 2. The maximum atomic E-state index is 10.8. The van der Waals surface area contributed by atoms with E-state index in [1.54, 1.807) is 0 Å². The Morgan fingerprint density at radius 1 is 1.75 bits per heavy atom. The second-order valence-electron chi connectivity index (χ2n) is 2.42. The molecule has 0 aliphatic carbocycles. The molecule has 1 saturated heterocycles. The minimum absolute atomic E-state index is 0.0585. The molecule has 0 spiro atoms. The fraction of sp³-hybridized carbons (Fsp3) is 1.00. The molecule has 0 aromatic heterocycles. The number of ether oxygens (including phenoxy) is 1. The number of hydrogen-bond donors (Lipinski definition) is 2. The van der Waals surface area contributed by atoms with Crippen molar-refractivity contribution >= 4 is 10.3 Å². The van der Waals surface area contributed by atoms with Crippen LogP contribution in [0.1, 0.15) is 0 Å². The molecular formula is C5H11NO5S. The predicted octanol–water partition coefficient (Wildman–Crippen LogP) is -1.77. The molecule has 0 bridgehead atoms. The highest BCUT2D eigenvalue weighted by molar-refractivity contribution is 7.84. The van der Waals surface area contributed by atoms with E-state index >= 15 is 0 Å². The van der Waals surface area contributed by atoms with Crippen molar-refractivity contribution in [3.8, 4) is 0 Å². The molecule has 1 aliphatic rings. The Hall–Kier alpha value is -0.210. The van der Waals surface area contributed by atoms with Crippen molar-refractivity contribution in [3.05, 3.63) is 0 Å². The standard InChI is InChI=1S/C5H11NO5S/c1-10-5-3-11-12(8,9)6-4(5)2-7/h4-7H,2-3H2,1H3. The molecule has 7 heteroatoms. The Bertz CT molecular complexity index is 238. The summed E-state index contributed by atoms with van der Waals surface area (Å²) in [5.74, 6) is 0. The average molecular weight is 197 g/mol. The van der Waals surface area contributed by atoms with Gasteiger partial charge in [0.15, 0.2) is 0 Å². The number of hydrogen-bond acceptors (Lipinski definition) is 5. The van der Waals surface area contributed by atoms with Gasteiger partial charge in [-0.3, -0.25) is 4.18 Å². The van der Waals surface area contributed by atoms with E-state index in [0.29, 0.717) is 0 Å². The van der Waals surface area contributed by atoms with E-state index in [0.717, 1.165) is 0 Å². The van der Waals surface area contributed by atoms with Crippen LogP contribution in [0.25, 0.3) is 0 Å². The number of aliphatic hydroxyl groups is 1. The van der Waals surface area contributed by atoms with Crippen LogP contribution in [-0.2, 0) is 19.2 Å². The van der Waals surface area contributed by atoms with Crippen molar-refractivity contribution in [2.45, 2.75) is 12.1 Å². The molecule has 12 heavy (non-hydrogen) atoms. The summed E-state index contributed by atoms with van der Waals surface area (Å²) in [5, 5.41) is 8.76. The summed E-state index contributed by atoms with van der Waals surface area (Å²) in [5.41, 5.74) is 0. The predicted molar refractivity (Wildman–Crippen MR) is 39.7 cm³/mol. The number of methoxy groups -OCH3 is 1. The van der Waals surface area contributed by atoms with E-state index < -0.39 is 22.4 Å². The highest BCUT2D eigenvalue weighted by atomic mass is 32.2. The van der Waals surface area contributed by atoms with Crippen molar-refractivity contribution in [2.24, 2.45) is 0 Å². The van der Waals surface area contributed by atoms with Gasteiger partial charge in [-0.15, -0.1) is 0 Å². The third-order valence-electron chi connectivity index (χ3n) is 1.63. The second kappa shape index (κ2) is 3.67. The second-order valence-corrected chi connectivity index (χ2v) is 3.80. The van der Waals surface area contributed by atoms with Crippen molar-refractivity contribution in [2.75, 3.05) is 20.3 Å². The Labute approximate surface area is 70.7 Å². The topological polar surface area (TPSA) is 84.9 Å². The first-order valence-corrected chi connectivity index (χ1v) is 4.80. The third kappa shape index (κ3) is 2.14. The smallest absolute Gasteiger partial charge is 0.336 e. The maximum absolute atomic E-state index is 10.8. The van der Waals surface area contributed by atoms with E-state index in [4.69, 9.17) is 9.84 Å².